The zero-order valence-electron chi connectivity index (χ0n) is 11.5. The van der Waals surface area contributed by atoms with Crippen molar-refractivity contribution in [2.24, 2.45) is 0 Å². The highest BCUT2D eigenvalue weighted by Crippen LogP contribution is 2.15. The summed E-state index contributed by atoms with van der Waals surface area (Å²) >= 11 is 5.81. The zero-order chi connectivity index (χ0) is 13.2. The van der Waals surface area contributed by atoms with E-state index in [4.69, 9.17) is 16.3 Å². The van der Waals surface area contributed by atoms with Crippen LogP contribution < -0.4 is 4.74 Å². The van der Waals surface area contributed by atoms with Crippen molar-refractivity contribution in [3.8, 4) is 5.75 Å². The molecule has 0 fully saturated rings. The Morgan fingerprint density at radius 3 is 2.28 bits per heavy atom. The monoisotopic (exact) mass is 269 g/mol. The summed E-state index contributed by atoms with van der Waals surface area (Å²) in [6.07, 6.45) is 3.60. The average Bonchev–Trinajstić information content (AvgIpc) is 2.40. The highest BCUT2D eigenvalue weighted by molar-refractivity contribution is 6.30. The van der Waals surface area contributed by atoms with Crippen LogP contribution in [0.5, 0.6) is 5.75 Å². The van der Waals surface area contributed by atoms with Crippen LogP contribution in [-0.2, 0) is 0 Å². The zero-order valence-corrected chi connectivity index (χ0v) is 12.2. The van der Waals surface area contributed by atoms with Crippen LogP contribution in [0.4, 0.5) is 0 Å². The maximum atomic E-state index is 5.81. The Kier molecular flexibility index (Phi) is 7.86. The summed E-state index contributed by atoms with van der Waals surface area (Å²) in [6.45, 7) is 8.73. The van der Waals surface area contributed by atoms with Crippen molar-refractivity contribution >= 4 is 11.6 Å². The molecule has 0 heterocycles. The van der Waals surface area contributed by atoms with Gasteiger partial charge in [0.05, 0.1) is 6.61 Å². The van der Waals surface area contributed by atoms with E-state index in [0.717, 1.165) is 36.9 Å². The predicted molar refractivity (Wildman–Crippen MR) is 78.6 cm³/mol. The summed E-state index contributed by atoms with van der Waals surface area (Å²) in [6, 6.07) is 7.55. The molecule has 0 bridgehead atoms. The van der Waals surface area contributed by atoms with Gasteiger partial charge in [-0.05, 0) is 63.2 Å². The van der Waals surface area contributed by atoms with E-state index in [1.165, 1.54) is 19.4 Å². The van der Waals surface area contributed by atoms with Crippen molar-refractivity contribution in [2.75, 3.05) is 26.2 Å². The number of rotatable bonds is 9. The van der Waals surface area contributed by atoms with Crippen LogP contribution in [0.15, 0.2) is 24.3 Å². The van der Waals surface area contributed by atoms with Crippen molar-refractivity contribution in [3.05, 3.63) is 29.3 Å². The summed E-state index contributed by atoms with van der Waals surface area (Å²) in [7, 11) is 0. The second kappa shape index (κ2) is 9.23. The first-order valence-corrected chi connectivity index (χ1v) is 7.24. The van der Waals surface area contributed by atoms with Crippen LogP contribution >= 0.6 is 11.6 Å². The van der Waals surface area contributed by atoms with Gasteiger partial charge in [0.2, 0.25) is 0 Å². The van der Waals surface area contributed by atoms with Crippen molar-refractivity contribution in [3.63, 3.8) is 0 Å². The lowest BCUT2D eigenvalue weighted by atomic mass is 10.2. The number of ether oxygens (including phenoxy) is 1. The number of nitrogens with zero attached hydrogens (tertiary/aromatic N) is 1. The van der Waals surface area contributed by atoms with Gasteiger partial charge in [-0.15, -0.1) is 0 Å². The second-order valence-corrected chi connectivity index (χ2v) is 4.83. The Morgan fingerprint density at radius 1 is 1.00 bits per heavy atom. The van der Waals surface area contributed by atoms with E-state index in [1.807, 2.05) is 24.3 Å². The van der Waals surface area contributed by atoms with Gasteiger partial charge in [-0.3, -0.25) is 0 Å². The van der Waals surface area contributed by atoms with Crippen LogP contribution in [0.1, 0.15) is 33.1 Å². The molecule has 0 aliphatic heterocycles. The lowest BCUT2D eigenvalue weighted by molar-refractivity contribution is 0.277. The molecule has 0 N–H and O–H groups in total. The summed E-state index contributed by atoms with van der Waals surface area (Å²) in [4.78, 5) is 2.46. The molecule has 3 heteroatoms. The molecule has 2 nitrogen and oxygen atoms in total. The lowest BCUT2D eigenvalue weighted by Gasteiger charge is -2.17. The Bertz CT molecular complexity index is 309. The van der Waals surface area contributed by atoms with Gasteiger partial charge in [0.1, 0.15) is 5.75 Å². The van der Waals surface area contributed by atoms with Crippen LogP contribution in [-0.4, -0.2) is 31.1 Å². The number of benzene rings is 1. The summed E-state index contributed by atoms with van der Waals surface area (Å²) in [5.41, 5.74) is 0. The van der Waals surface area contributed by atoms with Gasteiger partial charge >= 0.3 is 0 Å². The molecule has 0 saturated heterocycles. The summed E-state index contributed by atoms with van der Waals surface area (Å²) < 4.78 is 5.65. The lowest BCUT2D eigenvalue weighted by Crippen LogP contribution is -2.23. The molecule has 0 spiro atoms. The number of hydrogen-bond acceptors (Lipinski definition) is 2. The highest BCUT2D eigenvalue weighted by atomic mass is 35.5. The number of halogens is 1. The van der Waals surface area contributed by atoms with E-state index in [1.54, 1.807) is 0 Å². The van der Waals surface area contributed by atoms with E-state index < -0.39 is 0 Å². The minimum atomic E-state index is 0.751. The van der Waals surface area contributed by atoms with E-state index in [9.17, 15) is 0 Å². The third-order valence-corrected chi connectivity index (χ3v) is 3.35. The fourth-order valence-electron chi connectivity index (χ4n) is 1.87. The van der Waals surface area contributed by atoms with Crippen molar-refractivity contribution in [1.82, 2.24) is 4.90 Å². The molecule has 1 aromatic carbocycles. The molecule has 0 radical (unpaired) electrons. The van der Waals surface area contributed by atoms with Crippen LogP contribution in [0, 0.1) is 0 Å². The first-order chi connectivity index (χ1) is 8.76. The molecule has 0 saturated carbocycles. The Labute approximate surface area is 116 Å². The van der Waals surface area contributed by atoms with Gasteiger partial charge in [0.25, 0.3) is 0 Å². The SMILES string of the molecule is CCN(CC)CCCCCOc1ccc(Cl)cc1. The van der Waals surface area contributed by atoms with Gasteiger partial charge in [-0.2, -0.15) is 0 Å². The molecular weight excluding hydrogens is 246 g/mol. The third-order valence-electron chi connectivity index (χ3n) is 3.10. The van der Waals surface area contributed by atoms with Gasteiger partial charge < -0.3 is 9.64 Å². The predicted octanol–water partition coefficient (Wildman–Crippen LogP) is 4.23. The highest BCUT2D eigenvalue weighted by Gasteiger charge is 1.98. The van der Waals surface area contributed by atoms with Gasteiger partial charge in [-0.25, -0.2) is 0 Å². The topological polar surface area (TPSA) is 12.5 Å². The largest absolute Gasteiger partial charge is 0.494 e. The minimum absolute atomic E-state index is 0.751. The standard InChI is InChI=1S/C15H24ClNO/c1-3-17(4-2)12-6-5-7-13-18-15-10-8-14(16)9-11-15/h8-11H,3-7,12-13H2,1-2H3. The molecule has 102 valence electrons. The van der Waals surface area contributed by atoms with Crippen LogP contribution in [0.2, 0.25) is 5.02 Å². The minimum Gasteiger partial charge on any atom is -0.494 e. The normalized spacial score (nSPS) is 10.9. The van der Waals surface area contributed by atoms with Crippen molar-refractivity contribution in [2.45, 2.75) is 33.1 Å². The van der Waals surface area contributed by atoms with Gasteiger partial charge in [-0.1, -0.05) is 25.4 Å². The molecule has 18 heavy (non-hydrogen) atoms. The van der Waals surface area contributed by atoms with Gasteiger partial charge in [0.15, 0.2) is 0 Å². The molecule has 0 aliphatic carbocycles. The molecular formula is C15H24ClNO. The van der Waals surface area contributed by atoms with Gasteiger partial charge in [0, 0.05) is 5.02 Å². The third kappa shape index (κ3) is 6.27. The quantitative estimate of drug-likeness (QED) is 0.622. The molecule has 0 amide bonds. The first kappa shape index (κ1) is 15.3. The summed E-state index contributed by atoms with van der Waals surface area (Å²) in [5.74, 6) is 0.906. The van der Waals surface area contributed by atoms with E-state index >= 15 is 0 Å². The molecule has 0 unspecified atom stereocenters. The fraction of sp³-hybridized carbons (Fsp3) is 0.600. The van der Waals surface area contributed by atoms with Crippen molar-refractivity contribution in [1.29, 1.82) is 0 Å². The second-order valence-electron chi connectivity index (χ2n) is 4.39. The maximum Gasteiger partial charge on any atom is 0.119 e. The first-order valence-electron chi connectivity index (χ1n) is 6.87. The smallest absolute Gasteiger partial charge is 0.119 e. The Hall–Kier alpha value is -0.730. The number of hydrogen-bond donors (Lipinski definition) is 0. The number of unbranched alkanes of at least 4 members (excludes halogenated alkanes) is 2. The summed E-state index contributed by atoms with van der Waals surface area (Å²) in [5, 5.41) is 0.751. The van der Waals surface area contributed by atoms with E-state index in [2.05, 4.69) is 18.7 Å². The Balaban J connectivity index is 2.03. The van der Waals surface area contributed by atoms with E-state index in [-0.39, 0.29) is 0 Å². The Morgan fingerprint density at radius 2 is 1.67 bits per heavy atom. The van der Waals surface area contributed by atoms with Crippen molar-refractivity contribution < 1.29 is 4.74 Å². The van der Waals surface area contributed by atoms with Crippen LogP contribution in [0.25, 0.3) is 0 Å². The van der Waals surface area contributed by atoms with E-state index in [0.29, 0.717) is 0 Å². The van der Waals surface area contributed by atoms with Crippen LogP contribution in [0.3, 0.4) is 0 Å². The fourth-order valence-corrected chi connectivity index (χ4v) is 2.00. The molecule has 0 atom stereocenters. The average molecular weight is 270 g/mol. The molecule has 0 aliphatic rings. The maximum absolute atomic E-state index is 5.81. The molecule has 1 rings (SSSR count). The molecule has 1 aromatic rings. The molecule has 0 aromatic heterocycles.